The first-order chi connectivity index (χ1) is 9.30. The van der Waals surface area contributed by atoms with Gasteiger partial charge in [-0.15, -0.1) is 0 Å². The minimum Gasteiger partial charge on any atom is -0.481 e. The van der Waals surface area contributed by atoms with Gasteiger partial charge in [0.2, 0.25) is 0 Å². The summed E-state index contributed by atoms with van der Waals surface area (Å²) in [7, 11) is 0. The minimum atomic E-state index is -0.839. The van der Waals surface area contributed by atoms with E-state index in [9.17, 15) is 9.59 Å². The van der Waals surface area contributed by atoms with E-state index >= 15 is 0 Å². The molecule has 1 unspecified atom stereocenters. The number of hydrogen-bond donors (Lipinski definition) is 3. The zero-order valence-electron chi connectivity index (χ0n) is 12.5. The molecular formula is C15H26N2O3. The Labute approximate surface area is 120 Å². The molecule has 3 N–H and O–H groups in total. The molecular weight excluding hydrogens is 256 g/mol. The number of amides is 2. The van der Waals surface area contributed by atoms with Gasteiger partial charge >= 0.3 is 12.0 Å². The first kappa shape index (κ1) is 15.1. The van der Waals surface area contributed by atoms with E-state index in [-0.39, 0.29) is 18.5 Å². The molecule has 0 radical (unpaired) electrons. The van der Waals surface area contributed by atoms with E-state index in [0.717, 1.165) is 44.9 Å². The second-order valence-corrected chi connectivity index (χ2v) is 7.26. The molecule has 2 fully saturated rings. The van der Waals surface area contributed by atoms with Gasteiger partial charge in [0.05, 0.1) is 12.0 Å². The highest BCUT2D eigenvalue weighted by Gasteiger charge is 2.38. The lowest BCUT2D eigenvalue weighted by molar-refractivity contribution is -0.138. The number of nitrogens with one attached hydrogen (secondary N) is 2. The molecule has 0 aromatic heterocycles. The normalized spacial score (nSPS) is 27.2. The summed E-state index contributed by atoms with van der Waals surface area (Å²) < 4.78 is 0. The molecule has 5 heteroatoms. The minimum absolute atomic E-state index is 0.0244. The Morgan fingerprint density at radius 1 is 1.20 bits per heavy atom. The molecule has 114 valence electrons. The van der Waals surface area contributed by atoms with Crippen LogP contribution in [0.5, 0.6) is 0 Å². The van der Waals surface area contributed by atoms with Gasteiger partial charge in [0, 0.05) is 6.04 Å². The molecule has 0 bridgehead atoms. The van der Waals surface area contributed by atoms with Crippen LogP contribution in [0, 0.1) is 5.41 Å². The largest absolute Gasteiger partial charge is 0.481 e. The maximum absolute atomic E-state index is 12.1. The van der Waals surface area contributed by atoms with Gasteiger partial charge < -0.3 is 15.7 Å². The second kappa shape index (κ2) is 5.62. The first-order valence-electron chi connectivity index (χ1n) is 7.61. The Hall–Kier alpha value is -1.26. The molecule has 0 heterocycles. The summed E-state index contributed by atoms with van der Waals surface area (Å²) in [6, 6.07) is 0.0177. The highest BCUT2D eigenvalue weighted by atomic mass is 16.4. The van der Waals surface area contributed by atoms with Gasteiger partial charge in [-0.25, -0.2) is 4.79 Å². The van der Waals surface area contributed by atoms with Crippen LogP contribution in [0.25, 0.3) is 0 Å². The lowest BCUT2D eigenvalue weighted by Gasteiger charge is -2.29. The molecule has 2 aliphatic carbocycles. The number of urea groups is 1. The fourth-order valence-corrected chi connectivity index (χ4v) is 3.71. The average molecular weight is 282 g/mol. The summed E-state index contributed by atoms with van der Waals surface area (Å²) in [6.07, 6.45) is 6.66. The van der Waals surface area contributed by atoms with Crippen molar-refractivity contribution in [3.8, 4) is 0 Å². The van der Waals surface area contributed by atoms with Crippen molar-refractivity contribution in [3.63, 3.8) is 0 Å². The number of rotatable bonds is 4. The molecule has 0 aromatic carbocycles. The van der Waals surface area contributed by atoms with Gasteiger partial charge in [0.25, 0.3) is 0 Å². The molecule has 2 aliphatic rings. The second-order valence-electron chi connectivity index (χ2n) is 7.26. The van der Waals surface area contributed by atoms with Crippen LogP contribution in [0.1, 0.15) is 65.2 Å². The van der Waals surface area contributed by atoms with Gasteiger partial charge in [0.15, 0.2) is 0 Å². The van der Waals surface area contributed by atoms with Crippen molar-refractivity contribution in [1.29, 1.82) is 0 Å². The Kier molecular flexibility index (Phi) is 4.25. The summed E-state index contributed by atoms with van der Waals surface area (Å²) in [4.78, 5) is 23.1. The molecule has 2 amide bonds. The summed E-state index contributed by atoms with van der Waals surface area (Å²) in [5.74, 6) is -0.839. The van der Waals surface area contributed by atoms with Crippen LogP contribution >= 0.6 is 0 Å². The number of hydrogen-bond acceptors (Lipinski definition) is 2. The summed E-state index contributed by atoms with van der Waals surface area (Å²) in [5, 5.41) is 15.0. The highest BCUT2D eigenvalue weighted by molar-refractivity contribution is 5.77. The lowest BCUT2D eigenvalue weighted by Crippen LogP contribution is -2.53. The molecule has 1 atom stereocenters. The monoisotopic (exact) mass is 282 g/mol. The van der Waals surface area contributed by atoms with Crippen LogP contribution in [-0.2, 0) is 4.79 Å². The van der Waals surface area contributed by atoms with Crippen LogP contribution in [0.3, 0.4) is 0 Å². The van der Waals surface area contributed by atoms with Gasteiger partial charge in [-0.2, -0.15) is 0 Å². The number of carbonyl (C=O) groups excluding carboxylic acids is 1. The SMILES string of the molecule is CC1(C)CCC(NC(=O)NC2(CC(=O)O)CCCC2)C1. The molecule has 0 aliphatic heterocycles. The lowest BCUT2D eigenvalue weighted by atomic mass is 9.92. The zero-order chi connectivity index (χ0) is 14.8. The van der Waals surface area contributed by atoms with Gasteiger partial charge in [0.1, 0.15) is 0 Å². The molecule has 0 spiro atoms. The van der Waals surface area contributed by atoms with E-state index in [1.807, 2.05) is 0 Å². The molecule has 20 heavy (non-hydrogen) atoms. The van der Waals surface area contributed by atoms with Gasteiger partial charge in [-0.3, -0.25) is 4.79 Å². The zero-order valence-corrected chi connectivity index (χ0v) is 12.5. The van der Waals surface area contributed by atoms with E-state index in [1.54, 1.807) is 0 Å². The van der Waals surface area contributed by atoms with Gasteiger partial charge in [-0.1, -0.05) is 26.7 Å². The maximum atomic E-state index is 12.1. The predicted octanol–water partition coefficient (Wildman–Crippen LogP) is 2.65. The van der Waals surface area contributed by atoms with Crippen molar-refractivity contribution in [1.82, 2.24) is 10.6 Å². The van der Waals surface area contributed by atoms with Gasteiger partial charge in [-0.05, 0) is 37.5 Å². The van der Waals surface area contributed by atoms with E-state index < -0.39 is 11.5 Å². The predicted molar refractivity (Wildman–Crippen MR) is 76.5 cm³/mol. The average Bonchev–Trinajstić information content (AvgIpc) is 2.85. The van der Waals surface area contributed by atoms with E-state index in [1.165, 1.54) is 0 Å². The molecule has 0 saturated heterocycles. The van der Waals surface area contributed by atoms with Crippen molar-refractivity contribution >= 4 is 12.0 Å². The molecule has 5 nitrogen and oxygen atoms in total. The third-order valence-corrected chi connectivity index (χ3v) is 4.73. The van der Waals surface area contributed by atoms with Crippen molar-refractivity contribution in [2.75, 3.05) is 0 Å². The van der Waals surface area contributed by atoms with Crippen LogP contribution in [-0.4, -0.2) is 28.7 Å². The van der Waals surface area contributed by atoms with Crippen molar-refractivity contribution < 1.29 is 14.7 Å². The number of aliphatic carboxylic acids is 1. The van der Waals surface area contributed by atoms with E-state index in [2.05, 4.69) is 24.5 Å². The van der Waals surface area contributed by atoms with Crippen LogP contribution in [0.15, 0.2) is 0 Å². The Morgan fingerprint density at radius 3 is 2.35 bits per heavy atom. The van der Waals surface area contributed by atoms with Crippen LogP contribution < -0.4 is 10.6 Å². The quantitative estimate of drug-likeness (QED) is 0.741. The highest BCUT2D eigenvalue weighted by Crippen LogP contribution is 2.37. The summed E-state index contributed by atoms with van der Waals surface area (Å²) in [6.45, 7) is 4.44. The Morgan fingerprint density at radius 2 is 1.85 bits per heavy atom. The third kappa shape index (κ3) is 3.87. The smallest absolute Gasteiger partial charge is 0.315 e. The van der Waals surface area contributed by atoms with Crippen molar-refractivity contribution in [2.45, 2.75) is 76.8 Å². The molecule has 2 rings (SSSR count). The Balaban J connectivity index is 1.88. The Bertz CT molecular complexity index is 387. The number of carboxylic acids is 1. The first-order valence-corrected chi connectivity index (χ1v) is 7.61. The van der Waals surface area contributed by atoms with Crippen LogP contribution in [0.2, 0.25) is 0 Å². The van der Waals surface area contributed by atoms with Crippen molar-refractivity contribution in [2.24, 2.45) is 5.41 Å². The summed E-state index contributed by atoms with van der Waals surface area (Å²) in [5.41, 5.74) is -0.242. The molecule has 0 aromatic rings. The van der Waals surface area contributed by atoms with Crippen molar-refractivity contribution in [3.05, 3.63) is 0 Å². The number of carboxylic acid groups (broad SMARTS) is 1. The summed E-state index contributed by atoms with van der Waals surface area (Å²) >= 11 is 0. The van der Waals surface area contributed by atoms with E-state index in [0.29, 0.717) is 5.41 Å². The topological polar surface area (TPSA) is 78.4 Å². The third-order valence-electron chi connectivity index (χ3n) is 4.73. The maximum Gasteiger partial charge on any atom is 0.315 e. The van der Waals surface area contributed by atoms with Crippen LogP contribution in [0.4, 0.5) is 4.79 Å². The standard InChI is InChI=1S/C15H26N2O3/c1-14(2)8-5-11(9-14)16-13(20)17-15(10-12(18)19)6-3-4-7-15/h11H,3-10H2,1-2H3,(H,18,19)(H2,16,17,20). The fraction of sp³-hybridized carbons (Fsp3) is 0.867. The molecule has 2 saturated carbocycles. The van der Waals surface area contributed by atoms with E-state index in [4.69, 9.17) is 5.11 Å². The number of carbonyl (C=O) groups is 2. The fourth-order valence-electron chi connectivity index (χ4n) is 3.71.